The lowest BCUT2D eigenvalue weighted by molar-refractivity contribution is -0.153. The molecule has 0 aromatic heterocycles. The monoisotopic (exact) mass is 408 g/mol. The second-order valence-electron chi connectivity index (χ2n) is 7.21. The van der Waals surface area contributed by atoms with Gasteiger partial charge in [0.05, 0.1) is 5.69 Å². The summed E-state index contributed by atoms with van der Waals surface area (Å²) in [5, 5.41) is 2.64. The van der Waals surface area contributed by atoms with Gasteiger partial charge in [0.2, 0.25) is 0 Å². The molecule has 0 aliphatic rings. The third-order valence-corrected chi connectivity index (χ3v) is 4.51. The third kappa shape index (κ3) is 7.09. The van der Waals surface area contributed by atoms with Crippen molar-refractivity contribution in [2.45, 2.75) is 46.5 Å². The molecule has 0 spiro atoms. The number of carbonyl (C=O) groups is 1. The maximum absolute atomic E-state index is 12.6. The number of hydrogen-bond donors (Lipinski definition) is 1. The van der Waals surface area contributed by atoms with E-state index in [-0.39, 0.29) is 11.4 Å². The van der Waals surface area contributed by atoms with Crippen LogP contribution < -0.4 is 10.1 Å². The van der Waals surface area contributed by atoms with E-state index >= 15 is 0 Å². The lowest BCUT2D eigenvalue weighted by Crippen LogP contribution is -2.29. The van der Waals surface area contributed by atoms with Crippen LogP contribution in [0, 0.1) is 6.92 Å². The van der Waals surface area contributed by atoms with Crippen LogP contribution in [-0.2, 0) is 6.54 Å². The number of aryl methyl sites for hydroxylation is 1. The van der Waals surface area contributed by atoms with Crippen molar-refractivity contribution in [2.75, 3.05) is 18.5 Å². The van der Waals surface area contributed by atoms with Gasteiger partial charge >= 0.3 is 6.18 Å². The SMILES string of the molecule is CCN(Cc1ccc(C(=O)Nc2ccc(C)cc2OCC(F)(F)F)cc1)C(C)C. The van der Waals surface area contributed by atoms with E-state index in [1.54, 1.807) is 25.1 Å². The zero-order chi connectivity index (χ0) is 21.6. The maximum Gasteiger partial charge on any atom is 0.422 e. The van der Waals surface area contributed by atoms with Gasteiger partial charge in [0.15, 0.2) is 6.61 Å². The summed E-state index contributed by atoms with van der Waals surface area (Å²) in [6.07, 6.45) is -4.46. The van der Waals surface area contributed by atoms with E-state index in [4.69, 9.17) is 4.74 Å². The maximum atomic E-state index is 12.6. The van der Waals surface area contributed by atoms with Gasteiger partial charge in [0, 0.05) is 18.2 Å². The van der Waals surface area contributed by atoms with Crippen LogP contribution in [0.2, 0.25) is 0 Å². The van der Waals surface area contributed by atoms with Gasteiger partial charge in [0.25, 0.3) is 5.91 Å². The smallest absolute Gasteiger partial charge is 0.422 e. The fourth-order valence-electron chi connectivity index (χ4n) is 2.86. The molecule has 158 valence electrons. The number of carbonyl (C=O) groups excluding carboxylic acids is 1. The minimum absolute atomic E-state index is 0.0113. The third-order valence-electron chi connectivity index (χ3n) is 4.51. The van der Waals surface area contributed by atoms with Crippen molar-refractivity contribution >= 4 is 11.6 Å². The molecule has 29 heavy (non-hydrogen) atoms. The van der Waals surface area contributed by atoms with Crippen molar-refractivity contribution in [1.82, 2.24) is 4.90 Å². The van der Waals surface area contributed by atoms with Crippen LogP contribution >= 0.6 is 0 Å². The van der Waals surface area contributed by atoms with Crippen molar-refractivity contribution in [3.63, 3.8) is 0 Å². The van der Waals surface area contributed by atoms with E-state index in [1.807, 2.05) is 12.1 Å². The first-order valence-electron chi connectivity index (χ1n) is 9.53. The van der Waals surface area contributed by atoms with Gasteiger partial charge < -0.3 is 10.1 Å². The Morgan fingerprint density at radius 2 is 1.79 bits per heavy atom. The summed E-state index contributed by atoms with van der Waals surface area (Å²) in [6, 6.07) is 12.3. The van der Waals surface area contributed by atoms with Gasteiger partial charge in [-0.15, -0.1) is 0 Å². The van der Waals surface area contributed by atoms with Gasteiger partial charge in [-0.1, -0.05) is 25.1 Å². The minimum Gasteiger partial charge on any atom is -0.482 e. The van der Waals surface area contributed by atoms with Gasteiger partial charge in [0.1, 0.15) is 5.75 Å². The Bertz CT molecular complexity index is 818. The molecule has 2 rings (SSSR count). The Morgan fingerprint density at radius 1 is 1.14 bits per heavy atom. The van der Waals surface area contributed by atoms with Crippen LogP contribution in [-0.4, -0.2) is 36.2 Å². The summed E-state index contributed by atoms with van der Waals surface area (Å²) in [5.74, 6) is -0.420. The number of hydrogen-bond acceptors (Lipinski definition) is 3. The molecule has 0 bridgehead atoms. The van der Waals surface area contributed by atoms with Gasteiger partial charge in [-0.2, -0.15) is 13.2 Å². The summed E-state index contributed by atoms with van der Waals surface area (Å²) >= 11 is 0. The molecule has 0 unspecified atom stereocenters. The fourth-order valence-corrected chi connectivity index (χ4v) is 2.86. The molecule has 0 heterocycles. The summed E-state index contributed by atoms with van der Waals surface area (Å²) in [4.78, 5) is 14.8. The Hall–Kier alpha value is -2.54. The standard InChI is InChI=1S/C22H27F3N2O2/c1-5-27(15(2)3)13-17-7-9-18(10-8-17)21(28)26-19-11-6-16(4)12-20(19)29-14-22(23,24)25/h6-12,15H,5,13-14H2,1-4H3,(H,26,28). The number of amides is 1. The van der Waals surface area contributed by atoms with Gasteiger partial charge in [-0.25, -0.2) is 0 Å². The molecule has 7 heteroatoms. The van der Waals surface area contributed by atoms with Crippen LogP contribution in [0.1, 0.15) is 42.3 Å². The zero-order valence-corrected chi connectivity index (χ0v) is 17.1. The topological polar surface area (TPSA) is 41.6 Å². The highest BCUT2D eigenvalue weighted by Crippen LogP contribution is 2.28. The Morgan fingerprint density at radius 3 is 2.34 bits per heavy atom. The van der Waals surface area contributed by atoms with Crippen LogP contribution in [0.3, 0.4) is 0 Å². The first kappa shape index (κ1) is 22.7. The van der Waals surface area contributed by atoms with E-state index in [0.717, 1.165) is 24.2 Å². The summed E-state index contributed by atoms with van der Waals surface area (Å²) in [5.41, 5.74) is 2.44. The quantitative estimate of drug-likeness (QED) is 0.634. The van der Waals surface area contributed by atoms with E-state index in [2.05, 4.69) is 31.0 Å². The van der Waals surface area contributed by atoms with Crippen molar-refractivity contribution in [2.24, 2.45) is 0 Å². The highest BCUT2D eigenvalue weighted by molar-refractivity contribution is 6.05. The molecule has 4 nitrogen and oxygen atoms in total. The molecule has 1 amide bonds. The van der Waals surface area contributed by atoms with Crippen molar-refractivity contribution in [1.29, 1.82) is 0 Å². The van der Waals surface area contributed by atoms with E-state index in [9.17, 15) is 18.0 Å². The summed E-state index contributed by atoms with van der Waals surface area (Å²) < 4.78 is 42.3. The molecular formula is C22H27F3N2O2. The lowest BCUT2D eigenvalue weighted by atomic mass is 10.1. The largest absolute Gasteiger partial charge is 0.482 e. The lowest BCUT2D eigenvalue weighted by Gasteiger charge is -2.24. The Balaban J connectivity index is 2.10. The average Bonchev–Trinajstić information content (AvgIpc) is 2.65. The average molecular weight is 408 g/mol. The van der Waals surface area contributed by atoms with Crippen molar-refractivity contribution < 1.29 is 22.7 Å². The highest BCUT2D eigenvalue weighted by Gasteiger charge is 2.29. The number of ether oxygens (including phenoxy) is 1. The summed E-state index contributed by atoms with van der Waals surface area (Å²) in [6.45, 7) is 8.38. The van der Waals surface area contributed by atoms with Crippen LogP contribution in [0.5, 0.6) is 5.75 Å². The van der Waals surface area contributed by atoms with E-state index in [0.29, 0.717) is 11.6 Å². The molecule has 0 saturated heterocycles. The second-order valence-corrected chi connectivity index (χ2v) is 7.21. The Labute approximate surface area is 169 Å². The number of halogens is 3. The molecule has 0 radical (unpaired) electrons. The molecule has 2 aromatic rings. The van der Waals surface area contributed by atoms with E-state index < -0.39 is 18.7 Å². The number of benzene rings is 2. The van der Waals surface area contributed by atoms with Crippen LogP contribution in [0.25, 0.3) is 0 Å². The Kier molecular flexibility index (Phi) is 7.67. The fraction of sp³-hybridized carbons (Fsp3) is 0.409. The first-order valence-corrected chi connectivity index (χ1v) is 9.53. The molecule has 0 saturated carbocycles. The molecular weight excluding hydrogens is 381 g/mol. The highest BCUT2D eigenvalue weighted by atomic mass is 19.4. The molecule has 0 aliphatic carbocycles. The van der Waals surface area contributed by atoms with Gasteiger partial charge in [-0.3, -0.25) is 9.69 Å². The number of nitrogens with one attached hydrogen (secondary N) is 1. The number of nitrogens with zero attached hydrogens (tertiary/aromatic N) is 1. The number of anilines is 1. The van der Waals surface area contributed by atoms with Gasteiger partial charge in [-0.05, 0) is 62.7 Å². The molecule has 0 fully saturated rings. The predicted molar refractivity (Wildman–Crippen MR) is 108 cm³/mol. The molecule has 0 aliphatic heterocycles. The summed E-state index contributed by atoms with van der Waals surface area (Å²) in [7, 11) is 0. The van der Waals surface area contributed by atoms with Crippen molar-refractivity contribution in [3.05, 3.63) is 59.2 Å². The number of alkyl halides is 3. The minimum atomic E-state index is -4.46. The first-order chi connectivity index (χ1) is 13.6. The van der Waals surface area contributed by atoms with E-state index in [1.165, 1.54) is 12.1 Å². The van der Waals surface area contributed by atoms with Crippen LogP contribution in [0.15, 0.2) is 42.5 Å². The molecule has 2 aromatic carbocycles. The molecule has 0 atom stereocenters. The second kappa shape index (κ2) is 9.78. The predicted octanol–water partition coefficient (Wildman–Crippen LogP) is 5.42. The zero-order valence-electron chi connectivity index (χ0n) is 17.1. The van der Waals surface area contributed by atoms with Crippen molar-refractivity contribution in [3.8, 4) is 5.75 Å². The number of rotatable bonds is 8. The van der Waals surface area contributed by atoms with Crippen LogP contribution in [0.4, 0.5) is 18.9 Å². The normalized spacial score (nSPS) is 11.8. The molecule has 1 N–H and O–H groups in total.